The van der Waals surface area contributed by atoms with Gasteiger partial charge in [-0.15, -0.1) is 0 Å². The molecule has 5 saturated carbocycles. The van der Waals surface area contributed by atoms with Crippen molar-refractivity contribution < 1.29 is 4.79 Å². The SMILES string of the molecule is CC.CC[C@@H]1CC2=CC(=O)CC[C@@H]2[C@H]2CC[C@@]3(CC)[C@@H](C4C(C)C4C34CC4)[C@H]12. The molecule has 9 atom stereocenters. The zero-order valence-electron chi connectivity index (χ0n) is 19.0. The van der Waals surface area contributed by atoms with Gasteiger partial charge in [0.05, 0.1) is 0 Å². The molecule has 5 fully saturated rings. The van der Waals surface area contributed by atoms with Crippen molar-refractivity contribution in [3.63, 3.8) is 0 Å². The van der Waals surface area contributed by atoms with Crippen LogP contribution in [0, 0.1) is 58.2 Å². The molecule has 6 rings (SSSR count). The van der Waals surface area contributed by atoms with Crippen LogP contribution >= 0.6 is 0 Å². The van der Waals surface area contributed by atoms with Gasteiger partial charge in [0.15, 0.2) is 5.78 Å². The Morgan fingerprint density at radius 2 is 1.79 bits per heavy atom. The molecule has 1 nitrogen and oxygen atoms in total. The van der Waals surface area contributed by atoms with Crippen LogP contribution in [-0.4, -0.2) is 5.78 Å². The van der Waals surface area contributed by atoms with Crippen molar-refractivity contribution in [2.75, 3.05) is 0 Å². The Labute approximate surface area is 173 Å². The molecule has 0 aromatic rings. The van der Waals surface area contributed by atoms with E-state index in [9.17, 15) is 4.79 Å². The molecule has 0 N–H and O–H groups in total. The van der Waals surface area contributed by atoms with Gasteiger partial charge in [-0.2, -0.15) is 0 Å². The molecule has 156 valence electrons. The Kier molecular flexibility index (Phi) is 4.47. The third-order valence-electron chi connectivity index (χ3n) is 11.0. The molecule has 0 aromatic heterocycles. The molecule has 6 aliphatic rings. The minimum atomic E-state index is 0.414. The van der Waals surface area contributed by atoms with Gasteiger partial charge in [-0.05, 0) is 109 Å². The van der Waals surface area contributed by atoms with Crippen LogP contribution in [0.25, 0.3) is 0 Å². The van der Waals surface area contributed by atoms with E-state index in [1.807, 2.05) is 13.8 Å². The first-order chi connectivity index (χ1) is 13.6. The van der Waals surface area contributed by atoms with Crippen molar-refractivity contribution in [1.29, 1.82) is 0 Å². The van der Waals surface area contributed by atoms with Crippen molar-refractivity contribution >= 4 is 5.78 Å². The third-order valence-corrected chi connectivity index (χ3v) is 11.0. The average molecular weight is 383 g/mol. The van der Waals surface area contributed by atoms with Crippen LogP contribution in [0.4, 0.5) is 0 Å². The van der Waals surface area contributed by atoms with Gasteiger partial charge >= 0.3 is 0 Å². The first kappa shape index (κ1) is 19.4. The smallest absolute Gasteiger partial charge is 0.155 e. The number of hydrogen-bond acceptors (Lipinski definition) is 1. The van der Waals surface area contributed by atoms with Gasteiger partial charge in [0.25, 0.3) is 0 Å². The minimum Gasteiger partial charge on any atom is -0.295 e. The molecule has 6 aliphatic carbocycles. The highest BCUT2D eigenvalue weighted by molar-refractivity contribution is 5.91. The normalized spacial score (nSPS) is 51.8. The van der Waals surface area contributed by atoms with Crippen molar-refractivity contribution in [3.8, 4) is 0 Å². The Morgan fingerprint density at radius 1 is 1.04 bits per heavy atom. The number of carbonyl (C=O) groups is 1. The maximum absolute atomic E-state index is 12.1. The summed E-state index contributed by atoms with van der Waals surface area (Å²) in [5.74, 6) is 8.11. The molecule has 0 amide bonds. The van der Waals surface area contributed by atoms with E-state index in [0.717, 1.165) is 59.2 Å². The summed E-state index contributed by atoms with van der Waals surface area (Å²) in [5.41, 5.74) is 3.05. The van der Waals surface area contributed by atoms with Crippen LogP contribution in [-0.2, 0) is 4.79 Å². The zero-order valence-corrected chi connectivity index (χ0v) is 19.0. The fraction of sp³-hybridized carbons (Fsp3) is 0.889. The second kappa shape index (κ2) is 6.45. The van der Waals surface area contributed by atoms with E-state index in [4.69, 9.17) is 0 Å². The van der Waals surface area contributed by atoms with E-state index >= 15 is 0 Å². The van der Waals surface area contributed by atoms with Gasteiger partial charge in [-0.3, -0.25) is 4.79 Å². The van der Waals surface area contributed by atoms with Crippen LogP contribution < -0.4 is 0 Å². The van der Waals surface area contributed by atoms with Crippen molar-refractivity contribution in [2.45, 2.75) is 92.4 Å². The monoisotopic (exact) mass is 382 g/mol. The molecule has 3 unspecified atom stereocenters. The highest BCUT2D eigenvalue weighted by Crippen LogP contribution is 2.88. The fourth-order valence-corrected chi connectivity index (χ4v) is 10.1. The highest BCUT2D eigenvalue weighted by atomic mass is 16.1. The van der Waals surface area contributed by atoms with Gasteiger partial charge in [0.2, 0.25) is 0 Å². The number of hydrogen-bond donors (Lipinski definition) is 0. The second-order valence-electron chi connectivity index (χ2n) is 11.1. The van der Waals surface area contributed by atoms with Crippen molar-refractivity contribution in [3.05, 3.63) is 11.6 Å². The topological polar surface area (TPSA) is 17.1 Å². The van der Waals surface area contributed by atoms with Crippen LogP contribution in [0.5, 0.6) is 0 Å². The average Bonchev–Trinajstić information content (AvgIpc) is 3.61. The quantitative estimate of drug-likeness (QED) is 0.499. The summed E-state index contributed by atoms with van der Waals surface area (Å²) < 4.78 is 0. The Morgan fingerprint density at radius 3 is 2.43 bits per heavy atom. The zero-order chi connectivity index (χ0) is 19.8. The van der Waals surface area contributed by atoms with Crippen LogP contribution in [0.15, 0.2) is 11.6 Å². The maximum atomic E-state index is 12.1. The summed E-state index contributed by atoms with van der Waals surface area (Å²) in [7, 11) is 0. The molecule has 0 aromatic carbocycles. The molecular formula is C27H42O. The van der Waals surface area contributed by atoms with E-state index in [1.54, 1.807) is 18.4 Å². The van der Waals surface area contributed by atoms with E-state index in [2.05, 4.69) is 26.8 Å². The predicted molar refractivity (Wildman–Crippen MR) is 116 cm³/mol. The van der Waals surface area contributed by atoms with Gasteiger partial charge in [0.1, 0.15) is 0 Å². The summed E-state index contributed by atoms with van der Waals surface area (Å²) in [6.45, 7) is 11.6. The highest BCUT2D eigenvalue weighted by Gasteiger charge is 2.82. The lowest BCUT2D eigenvalue weighted by atomic mass is 9.45. The molecule has 0 heterocycles. The molecule has 0 radical (unpaired) electrons. The largest absolute Gasteiger partial charge is 0.295 e. The van der Waals surface area contributed by atoms with E-state index in [1.165, 1.54) is 38.5 Å². The molecule has 28 heavy (non-hydrogen) atoms. The van der Waals surface area contributed by atoms with Gasteiger partial charge < -0.3 is 0 Å². The Hall–Kier alpha value is -0.590. The van der Waals surface area contributed by atoms with Crippen LogP contribution in [0.1, 0.15) is 92.4 Å². The number of fused-ring (bicyclic) bond motifs is 9. The third kappa shape index (κ3) is 2.18. The predicted octanol–water partition coefficient (Wildman–Crippen LogP) is 7.06. The lowest BCUT2D eigenvalue weighted by Gasteiger charge is -2.59. The number of ketones is 1. The first-order valence-electron chi connectivity index (χ1n) is 12.8. The summed E-state index contributed by atoms with van der Waals surface area (Å²) in [6, 6.07) is 0. The summed E-state index contributed by atoms with van der Waals surface area (Å²) in [4.78, 5) is 12.1. The number of allylic oxidation sites excluding steroid dienone is 1. The molecule has 1 spiro atoms. The van der Waals surface area contributed by atoms with Crippen molar-refractivity contribution in [1.82, 2.24) is 0 Å². The Balaban J connectivity index is 0.000000829. The van der Waals surface area contributed by atoms with Gasteiger partial charge in [-0.25, -0.2) is 0 Å². The molecular weight excluding hydrogens is 340 g/mol. The molecule has 0 bridgehead atoms. The van der Waals surface area contributed by atoms with Crippen molar-refractivity contribution in [2.24, 2.45) is 58.2 Å². The molecule has 0 saturated heterocycles. The minimum absolute atomic E-state index is 0.414. The van der Waals surface area contributed by atoms with E-state index in [0.29, 0.717) is 11.2 Å². The maximum Gasteiger partial charge on any atom is 0.155 e. The Bertz CT molecular complexity index is 684. The first-order valence-corrected chi connectivity index (χ1v) is 12.8. The standard InChI is InChI=1S/C25H36O.C2H6/c1-4-15-12-16-13-17(26)6-7-18(16)19-8-9-24(5-2)23(21(15)19)20-14(3)22(20)25(24)10-11-25;1-2/h13-15,18-23H,4-12H2,1-3H3;1-2H3/t14?,15-,18+,19-,20?,21-,22?,23+,24+;/m1./s1. The second-order valence-corrected chi connectivity index (χ2v) is 11.1. The van der Waals surface area contributed by atoms with Gasteiger partial charge in [0, 0.05) is 6.42 Å². The number of carbonyl (C=O) groups excluding carboxylic acids is 1. The lowest BCUT2D eigenvalue weighted by Crippen LogP contribution is -2.53. The van der Waals surface area contributed by atoms with E-state index < -0.39 is 0 Å². The lowest BCUT2D eigenvalue weighted by molar-refractivity contribution is -0.117. The fourth-order valence-electron chi connectivity index (χ4n) is 10.1. The molecule has 1 heteroatoms. The van der Waals surface area contributed by atoms with Gasteiger partial charge in [-0.1, -0.05) is 46.6 Å². The molecule has 0 aliphatic heterocycles. The number of rotatable bonds is 2. The summed E-state index contributed by atoms with van der Waals surface area (Å²) >= 11 is 0. The summed E-state index contributed by atoms with van der Waals surface area (Å²) in [6.07, 6.45) is 14.2. The van der Waals surface area contributed by atoms with E-state index in [-0.39, 0.29) is 0 Å². The van der Waals surface area contributed by atoms with Crippen LogP contribution in [0.2, 0.25) is 0 Å². The summed E-state index contributed by atoms with van der Waals surface area (Å²) in [5, 5.41) is 0. The van der Waals surface area contributed by atoms with Crippen LogP contribution in [0.3, 0.4) is 0 Å².